The van der Waals surface area contributed by atoms with Crippen molar-refractivity contribution in [2.24, 2.45) is 0 Å². The molecule has 0 spiro atoms. The van der Waals surface area contributed by atoms with Crippen molar-refractivity contribution in [1.82, 2.24) is 14.9 Å². The van der Waals surface area contributed by atoms with Gasteiger partial charge in [0.1, 0.15) is 12.7 Å². The highest BCUT2D eigenvalue weighted by Crippen LogP contribution is 2.38. The lowest BCUT2D eigenvalue weighted by atomic mass is 10.0. The van der Waals surface area contributed by atoms with Crippen LogP contribution < -0.4 is 14.8 Å². The van der Waals surface area contributed by atoms with Gasteiger partial charge < -0.3 is 19.8 Å². The van der Waals surface area contributed by atoms with Crippen molar-refractivity contribution < 1.29 is 9.47 Å². The first kappa shape index (κ1) is 23.7. The zero-order chi connectivity index (χ0) is 24.9. The molecule has 0 saturated carbocycles. The van der Waals surface area contributed by atoms with Gasteiger partial charge in [-0.25, -0.2) is 0 Å². The molecule has 0 atom stereocenters. The number of aromatic amines is 1. The molecule has 36 heavy (non-hydrogen) atoms. The van der Waals surface area contributed by atoms with Crippen molar-refractivity contribution in [3.63, 3.8) is 0 Å². The van der Waals surface area contributed by atoms with Gasteiger partial charge in [0, 0.05) is 47.3 Å². The van der Waals surface area contributed by atoms with Gasteiger partial charge in [-0.05, 0) is 74.3 Å². The van der Waals surface area contributed by atoms with E-state index in [9.17, 15) is 5.26 Å². The van der Waals surface area contributed by atoms with E-state index in [0.717, 1.165) is 52.9 Å². The third-order valence-corrected chi connectivity index (χ3v) is 6.92. The lowest BCUT2D eigenvalue weighted by Crippen LogP contribution is -2.33. The maximum Gasteiger partial charge on any atom is 0.161 e. The number of nitrogens with one attached hydrogen (secondary N) is 2. The van der Waals surface area contributed by atoms with Gasteiger partial charge in [0.25, 0.3) is 0 Å². The molecule has 1 fully saturated rings. The first-order chi connectivity index (χ1) is 17.7. The summed E-state index contributed by atoms with van der Waals surface area (Å²) in [6.45, 7) is 5.90. The zero-order valence-electron chi connectivity index (χ0n) is 20.8. The number of aromatic nitrogens is 2. The predicted molar refractivity (Wildman–Crippen MR) is 143 cm³/mol. The first-order valence-electron chi connectivity index (χ1n) is 12.4. The molecule has 0 radical (unpaired) electrons. The molecular formula is C29H31N5O2. The number of ether oxygens (including phenoxy) is 2. The lowest BCUT2D eigenvalue weighted by molar-refractivity contribution is 0.180. The Labute approximate surface area is 211 Å². The molecule has 1 aliphatic heterocycles. The number of aryl methyl sites for hydroxylation is 1. The third-order valence-electron chi connectivity index (χ3n) is 6.92. The van der Waals surface area contributed by atoms with Crippen LogP contribution in [-0.4, -0.2) is 48.2 Å². The minimum atomic E-state index is 0.474. The highest BCUT2D eigenvalue weighted by Gasteiger charge is 2.16. The van der Waals surface area contributed by atoms with Crippen LogP contribution in [0.2, 0.25) is 0 Å². The molecule has 7 nitrogen and oxygen atoms in total. The second kappa shape index (κ2) is 10.7. The van der Waals surface area contributed by atoms with Crippen LogP contribution in [0, 0.1) is 18.3 Å². The van der Waals surface area contributed by atoms with E-state index >= 15 is 0 Å². The summed E-state index contributed by atoms with van der Waals surface area (Å²) in [6.07, 6.45) is 9.16. The number of fused-ring (bicyclic) bond motifs is 1. The van der Waals surface area contributed by atoms with Gasteiger partial charge in [-0.2, -0.15) is 5.26 Å². The second-order valence-corrected chi connectivity index (χ2v) is 9.14. The molecule has 2 aromatic heterocycles. The second-order valence-electron chi connectivity index (χ2n) is 9.14. The molecule has 1 saturated heterocycles. The number of methoxy groups -OCH3 is 1. The quantitative estimate of drug-likeness (QED) is 0.320. The van der Waals surface area contributed by atoms with Crippen molar-refractivity contribution in [2.45, 2.75) is 26.2 Å². The summed E-state index contributed by atoms with van der Waals surface area (Å²) in [5, 5.41) is 14.5. The standard InChI is InChI=1S/C29H31N5O2/c1-20-23-10-11-32-26(23)8-7-25(20)33-29-22(17-30)18-31-19-24(29)21-6-9-27(28(16-21)35-2)36-15-14-34-12-4-3-5-13-34/h6-11,16,18-19,32H,3-5,12-15H2,1-2H3,(H,31,33). The lowest BCUT2D eigenvalue weighted by Gasteiger charge is -2.26. The average molecular weight is 482 g/mol. The minimum Gasteiger partial charge on any atom is -0.493 e. The number of nitriles is 1. The summed E-state index contributed by atoms with van der Waals surface area (Å²) in [7, 11) is 1.65. The van der Waals surface area contributed by atoms with Gasteiger partial charge in [0.15, 0.2) is 11.5 Å². The van der Waals surface area contributed by atoms with Crippen molar-refractivity contribution in [3.8, 4) is 28.7 Å². The van der Waals surface area contributed by atoms with Crippen LogP contribution in [0.3, 0.4) is 0 Å². The van der Waals surface area contributed by atoms with Crippen molar-refractivity contribution in [3.05, 3.63) is 66.1 Å². The Morgan fingerprint density at radius 2 is 1.94 bits per heavy atom. The first-order valence-corrected chi connectivity index (χ1v) is 12.4. The highest BCUT2D eigenvalue weighted by molar-refractivity contribution is 5.91. The van der Waals surface area contributed by atoms with E-state index in [0.29, 0.717) is 29.4 Å². The Morgan fingerprint density at radius 1 is 1.08 bits per heavy atom. The predicted octanol–water partition coefficient (Wildman–Crippen LogP) is 6.03. The van der Waals surface area contributed by atoms with Crippen molar-refractivity contribution >= 4 is 22.3 Å². The molecule has 0 aliphatic carbocycles. The molecule has 7 heteroatoms. The molecule has 0 unspecified atom stereocenters. The number of benzene rings is 2. The summed E-state index contributed by atoms with van der Waals surface area (Å²) in [5.74, 6) is 1.37. The summed E-state index contributed by atoms with van der Waals surface area (Å²) < 4.78 is 11.8. The van der Waals surface area contributed by atoms with Crippen LogP contribution >= 0.6 is 0 Å². The van der Waals surface area contributed by atoms with E-state index in [1.54, 1.807) is 19.5 Å². The summed E-state index contributed by atoms with van der Waals surface area (Å²) >= 11 is 0. The Bertz CT molecular complexity index is 1400. The number of hydrogen-bond donors (Lipinski definition) is 2. The monoisotopic (exact) mass is 481 g/mol. The smallest absolute Gasteiger partial charge is 0.161 e. The Morgan fingerprint density at radius 3 is 2.75 bits per heavy atom. The van der Waals surface area contributed by atoms with E-state index in [1.807, 2.05) is 36.5 Å². The topological polar surface area (TPSA) is 86.2 Å². The van der Waals surface area contributed by atoms with Crippen LogP contribution in [0.4, 0.5) is 11.4 Å². The van der Waals surface area contributed by atoms with Crippen LogP contribution in [-0.2, 0) is 0 Å². The molecule has 3 heterocycles. The summed E-state index contributed by atoms with van der Waals surface area (Å²) in [4.78, 5) is 10.0. The molecule has 5 rings (SSSR count). The zero-order valence-corrected chi connectivity index (χ0v) is 20.8. The van der Waals surface area contributed by atoms with Crippen LogP contribution in [0.1, 0.15) is 30.4 Å². The van der Waals surface area contributed by atoms with Crippen molar-refractivity contribution in [1.29, 1.82) is 5.26 Å². The van der Waals surface area contributed by atoms with Gasteiger partial charge in [0.05, 0.1) is 18.4 Å². The fourth-order valence-electron chi connectivity index (χ4n) is 4.87. The number of hydrogen-bond acceptors (Lipinski definition) is 6. The largest absolute Gasteiger partial charge is 0.493 e. The number of nitrogens with zero attached hydrogens (tertiary/aromatic N) is 3. The summed E-state index contributed by atoms with van der Waals surface area (Å²) in [5.41, 5.74) is 6.02. The molecule has 0 bridgehead atoms. The number of pyridine rings is 1. The molecule has 4 aromatic rings. The average Bonchev–Trinajstić information content (AvgIpc) is 3.41. The van der Waals surface area contributed by atoms with Gasteiger partial charge >= 0.3 is 0 Å². The molecule has 1 aliphatic rings. The SMILES string of the molecule is COc1cc(-c2cncc(C#N)c2Nc2ccc3[nH]ccc3c2C)ccc1OCCN1CCCCC1. The Kier molecular flexibility index (Phi) is 7.06. The van der Waals surface area contributed by atoms with Gasteiger partial charge in [-0.1, -0.05) is 12.5 Å². The van der Waals surface area contributed by atoms with E-state index in [-0.39, 0.29) is 0 Å². The molecule has 2 aromatic carbocycles. The van der Waals surface area contributed by atoms with Crippen LogP contribution in [0.15, 0.2) is 55.0 Å². The molecule has 2 N–H and O–H groups in total. The molecule has 184 valence electrons. The van der Waals surface area contributed by atoms with E-state index in [1.165, 1.54) is 19.3 Å². The minimum absolute atomic E-state index is 0.474. The van der Waals surface area contributed by atoms with Gasteiger partial charge in [0.2, 0.25) is 0 Å². The normalized spacial score (nSPS) is 13.9. The van der Waals surface area contributed by atoms with Crippen LogP contribution in [0.5, 0.6) is 11.5 Å². The maximum atomic E-state index is 9.84. The molecular weight excluding hydrogens is 450 g/mol. The third kappa shape index (κ3) is 4.86. The number of likely N-dealkylation sites (tertiary alicyclic amines) is 1. The van der Waals surface area contributed by atoms with E-state index in [2.05, 4.69) is 39.2 Å². The number of rotatable bonds is 8. The Hall–Kier alpha value is -4.02. The van der Waals surface area contributed by atoms with Gasteiger partial charge in [-0.15, -0.1) is 0 Å². The fourth-order valence-corrected chi connectivity index (χ4v) is 4.87. The molecule has 0 amide bonds. The summed E-state index contributed by atoms with van der Waals surface area (Å²) in [6, 6.07) is 14.3. The maximum absolute atomic E-state index is 9.84. The number of piperidine rings is 1. The highest BCUT2D eigenvalue weighted by atomic mass is 16.5. The number of H-pyrrole nitrogens is 1. The van der Waals surface area contributed by atoms with E-state index in [4.69, 9.17) is 9.47 Å². The Balaban J connectivity index is 1.42. The number of anilines is 2. The van der Waals surface area contributed by atoms with E-state index < -0.39 is 0 Å². The van der Waals surface area contributed by atoms with Crippen LogP contribution in [0.25, 0.3) is 22.0 Å². The van der Waals surface area contributed by atoms with Gasteiger partial charge in [-0.3, -0.25) is 9.88 Å². The van der Waals surface area contributed by atoms with Crippen molar-refractivity contribution in [2.75, 3.05) is 38.7 Å². The fraction of sp³-hybridized carbons (Fsp3) is 0.310.